The number of benzene rings is 1. The number of aliphatic hydroxyl groups is 1. The van der Waals surface area contributed by atoms with Crippen LogP contribution in [0.4, 0.5) is 8.78 Å². The molecule has 0 aliphatic heterocycles. The molecule has 2 atom stereocenters. The van der Waals surface area contributed by atoms with Crippen molar-refractivity contribution < 1.29 is 22.3 Å². The second-order valence-corrected chi connectivity index (χ2v) is 6.11. The van der Waals surface area contributed by atoms with Crippen LogP contribution in [0.15, 0.2) is 23.1 Å². The molecule has 0 heterocycles. The summed E-state index contributed by atoms with van der Waals surface area (Å²) >= 11 is 0. The predicted octanol–water partition coefficient (Wildman–Crippen LogP) is 1.65. The van der Waals surface area contributed by atoms with Crippen LogP contribution >= 0.6 is 0 Å². The predicted molar refractivity (Wildman–Crippen MR) is 67.0 cm³/mol. The van der Waals surface area contributed by atoms with E-state index in [-0.39, 0.29) is 12.5 Å². The Kier molecular flexibility index (Phi) is 5.39. The average molecular weight is 293 g/mol. The number of rotatable bonds is 6. The largest absolute Gasteiger partial charge is 0.391 e. The molecule has 2 N–H and O–H groups in total. The molecule has 1 rings (SSSR count). The molecule has 1 aromatic rings. The van der Waals surface area contributed by atoms with Crippen molar-refractivity contribution in [2.45, 2.75) is 31.3 Å². The normalized spacial score (nSPS) is 15.2. The maximum Gasteiger partial charge on any atom is 0.243 e. The molecular formula is C12H17F2NO3S. The van der Waals surface area contributed by atoms with E-state index in [9.17, 15) is 22.3 Å². The van der Waals surface area contributed by atoms with Gasteiger partial charge in [-0.05, 0) is 18.1 Å². The highest BCUT2D eigenvalue weighted by atomic mass is 32.2. The van der Waals surface area contributed by atoms with Crippen LogP contribution in [0.1, 0.15) is 20.3 Å². The Morgan fingerprint density at radius 2 is 2.00 bits per heavy atom. The monoisotopic (exact) mass is 293 g/mol. The minimum Gasteiger partial charge on any atom is -0.391 e. The molecule has 0 fully saturated rings. The van der Waals surface area contributed by atoms with Crippen LogP contribution < -0.4 is 4.72 Å². The third kappa shape index (κ3) is 4.22. The zero-order chi connectivity index (χ0) is 14.6. The summed E-state index contributed by atoms with van der Waals surface area (Å²) in [7, 11) is -4.10. The van der Waals surface area contributed by atoms with Crippen molar-refractivity contribution in [2.24, 2.45) is 5.92 Å². The lowest BCUT2D eigenvalue weighted by Gasteiger charge is -2.17. The molecule has 19 heavy (non-hydrogen) atoms. The van der Waals surface area contributed by atoms with Gasteiger partial charge in [-0.2, -0.15) is 0 Å². The highest BCUT2D eigenvalue weighted by Crippen LogP contribution is 2.15. The zero-order valence-corrected chi connectivity index (χ0v) is 11.5. The molecule has 0 aliphatic rings. The summed E-state index contributed by atoms with van der Waals surface area (Å²) in [5.41, 5.74) is 0. The summed E-state index contributed by atoms with van der Waals surface area (Å²) in [6.45, 7) is 3.42. The van der Waals surface area contributed by atoms with E-state index in [0.29, 0.717) is 12.5 Å². The van der Waals surface area contributed by atoms with E-state index in [4.69, 9.17) is 0 Å². The van der Waals surface area contributed by atoms with Gasteiger partial charge in [-0.15, -0.1) is 0 Å². The lowest BCUT2D eigenvalue weighted by molar-refractivity contribution is 0.118. The van der Waals surface area contributed by atoms with Crippen molar-refractivity contribution in [1.82, 2.24) is 4.72 Å². The first-order valence-corrected chi connectivity index (χ1v) is 7.39. The van der Waals surface area contributed by atoms with E-state index < -0.39 is 32.7 Å². The van der Waals surface area contributed by atoms with Gasteiger partial charge in [0.15, 0.2) is 0 Å². The molecule has 1 aromatic carbocycles. The smallest absolute Gasteiger partial charge is 0.243 e. The van der Waals surface area contributed by atoms with Gasteiger partial charge in [-0.25, -0.2) is 21.9 Å². The van der Waals surface area contributed by atoms with Crippen molar-refractivity contribution in [3.05, 3.63) is 29.8 Å². The van der Waals surface area contributed by atoms with Gasteiger partial charge in [0, 0.05) is 12.6 Å². The van der Waals surface area contributed by atoms with E-state index in [1.807, 2.05) is 6.92 Å². The standard InChI is InChI=1S/C12H17F2NO3S/c1-3-8(2)11(16)7-15-19(17,18)12-5-4-9(13)6-10(12)14/h4-6,8,11,15-16H,3,7H2,1-2H3. The van der Waals surface area contributed by atoms with E-state index in [1.54, 1.807) is 6.92 Å². The lowest BCUT2D eigenvalue weighted by Crippen LogP contribution is -2.35. The van der Waals surface area contributed by atoms with Crippen molar-refractivity contribution in [1.29, 1.82) is 0 Å². The summed E-state index contributed by atoms with van der Waals surface area (Å²) in [5.74, 6) is -2.10. The van der Waals surface area contributed by atoms with Gasteiger partial charge in [0.2, 0.25) is 10.0 Å². The molecule has 0 bridgehead atoms. The van der Waals surface area contributed by atoms with Crippen LogP contribution in [0.25, 0.3) is 0 Å². The molecule has 7 heteroatoms. The molecule has 0 radical (unpaired) electrons. The van der Waals surface area contributed by atoms with Crippen molar-refractivity contribution in [2.75, 3.05) is 6.54 Å². The molecular weight excluding hydrogens is 276 g/mol. The third-order valence-corrected chi connectivity index (χ3v) is 4.42. The number of nitrogens with one attached hydrogen (secondary N) is 1. The maximum absolute atomic E-state index is 13.4. The Bertz CT molecular complexity index is 534. The van der Waals surface area contributed by atoms with E-state index in [0.717, 1.165) is 12.1 Å². The molecule has 0 spiro atoms. The number of aliphatic hydroxyl groups excluding tert-OH is 1. The fraction of sp³-hybridized carbons (Fsp3) is 0.500. The van der Waals surface area contributed by atoms with Crippen LogP contribution in [0, 0.1) is 17.6 Å². The van der Waals surface area contributed by atoms with Gasteiger partial charge < -0.3 is 5.11 Å². The average Bonchev–Trinajstić information content (AvgIpc) is 2.34. The fourth-order valence-electron chi connectivity index (χ4n) is 1.44. The minimum absolute atomic E-state index is 0.0826. The zero-order valence-electron chi connectivity index (χ0n) is 10.7. The molecule has 0 saturated heterocycles. The highest BCUT2D eigenvalue weighted by molar-refractivity contribution is 7.89. The SMILES string of the molecule is CCC(C)C(O)CNS(=O)(=O)c1ccc(F)cc1F. The highest BCUT2D eigenvalue weighted by Gasteiger charge is 2.21. The molecule has 0 saturated carbocycles. The van der Waals surface area contributed by atoms with Crippen LogP contribution in [0.3, 0.4) is 0 Å². The summed E-state index contributed by atoms with van der Waals surface area (Å²) in [6, 6.07) is 2.21. The molecule has 4 nitrogen and oxygen atoms in total. The van der Waals surface area contributed by atoms with Gasteiger partial charge in [0.05, 0.1) is 6.10 Å². The summed E-state index contributed by atoms with van der Waals surface area (Å²) in [6.07, 6.45) is -0.170. The van der Waals surface area contributed by atoms with Gasteiger partial charge in [-0.3, -0.25) is 0 Å². The van der Waals surface area contributed by atoms with Crippen molar-refractivity contribution >= 4 is 10.0 Å². The Balaban J connectivity index is 2.82. The first-order valence-electron chi connectivity index (χ1n) is 5.90. The van der Waals surface area contributed by atoms with Gasteiger partial charge in [0.1, 0.15) is 16.5 Å². The number of sulfonamides is 1. The second kappa shape index (κ2) is 6.40. The van der Waals surface area contributed by atoms with Crippen LogP contribution in [0.2, 0.25) is 0 Å². The quantitative estimate of drug-likeness (QED) is 0.838. The Morgan fingerprint density at radius 3 is 2.53 bits per heavy atom. The number of hydrogen-bond acceptors (Lipinski definition) is 3. The molecule has 108 valence electrons. The third-order valence-electron chi connectivity index (χ3n) is 2.97. The van der Waals surface area contributed by atoms with Crippen LogP contribution in [-0.2, 0) is 10.0 Å². The molecule has 0 aliphatic carbocycles. The van der Waals surface area contributed by atoms with E-state index >= 15 is 0 Å². The van der Waals surface area contributed by atoms with Crippen molar-refractivity contribution in [3.8, 4) is 0 Å². The lowest BCUT2D eigenvalue weighted by atomic mass is 10.0. The molecule has 0 amide bonds. The Labute approximate surface area is 111 Å². The summed E-state index contributed by atoms with van der Waals surface area (Å²) < 4.78 is 51.8. The van der Waals surface area contributed by atoms with Gasteiger partial charge >= 0.3 is 0 Å². The van der Waals surface area contributed by atoms with Crippen LogP contribution in [-0.4, -0.2) is 26.2 Å². The summed E-state index contributed by atoms with van der Waals surface area (Å²) in [4.78, 5) is -0.634. The maximum atomic E-state index is 13.4. The summed E-state index contributed by atoms with van der Waals surface area (Å²) in [5, 5.41) is 9.66. The van der Waals surface area contributed by atoms with Crippen LogP contribution in [0.5, 0.6) is 0 Å². The Morgan fingerprint density at radius 1 is 1.37 bits per heavy atom. The van der Waals surface area contributed by atoms with Gasteiger partial charge in [-0.1, -0.05) is 20.3 Å². The first kappa shape index (κ1) is 16.0. The second-order valence-electron chi connectivity index (χ2n) is 4.38. The first-order chi connectivity index (χ1) is 8.77. The van der Waals surface area contributed by atoms with Gasteiger partial charge in [0.25, 0.3) is 0 Å². The number of halogens is 2. The van der Waals surface area contributed by atoms with E-state index in [1.165, 1.54) is 0 Å². The fourth-order valence-corrected chi connectivity index (χ4v) is 2.55. The number of hydrogen-bond donors (Lipinski definition) is 2. The molecule has 0 aromatic heterocycles. The minimum atomic E-state index is -4.10. The Hall–Kier alpha value is -1.05. The topological polar surface area (TPSA) is 66.4 Å². The molecule has 2 unspecified atom stereocenters. The van der Waals surface area contributed by atoms with Crippen molar-refractivity contribution in [3.63, 3.8) is 0 Å². The van der Waals surface area contributed by atoms with E-state index in [2.05, 4.69) is 4.72 Å².